The SMILES string of the molecule is COCCN(C1CC1)C1(CN)CCN(C)C(C)C1. The molecule has 2 rings (SSSR count). The van der Waals surface area contributed by atoms with E-state index in [2.05, 4.69) is 23.8 Å². The molecule has 2 fully saturated rings. The summed E-state index contributed by atoms with van der Waals surface area (Å²) >= 11 is 0. The molecule has 1 saturated carbocycles. The second-order valence-electron chi connectivity index (χ2n) is 6.13. The fraction of sp³-hybridized carbons (Fsp3) is 1.00. The van der Waals surface area contributed by atoms with Gasteiger partial charge in [0.2, 0.25) is 0 Å². The van der Waals surface area contributed by atoms with Gasteiger partial charge in [-0.25, -0.2) is 0 Å². The van der Waals surface area contributed by atoms with Gasteiger partial charge in [-0.15, -0.1) is 0 Å². The third-order valence-corrected chi connectivity index (χ3v) is 4.87. The largest absolute Gasteiger partial charge is 0.383 e. The van der Waals surface area contributed by atoms with Crippen LogP contribution in [0.1, 0.15) is 32.6 Å². The van der Waals surface area contributed by atoms with Crippen LogP contribution >= 0.6 is 0 Å². The molecule has 2 unspecified atom stereocenters. The highest BCUT2D eigenvalue weighted by Gasteiger charge is 2.46. The first kappa shape index (κ1) is 14.3. The molecule has 4 nitrogen and oxygen atoms in total. The summed E-state index contributed by atoms with van der Waals surface area (Å²) in [6.07, 6.45) is 5.08. The van der Waals surface area contributed by atoms with Crippen LogP contribution in [-0.4, -0.2) is 67.8 Å². The molecule has 4 heteroatoms. The van der Waals surface area contributed by atoms with Gasteiger partial charge in [0, 0.05) is 37.8 Å². The number of likely N-dealkylation sites (tertiary alicyclic amines) is 1. The zero-order chi connectivity index (χ0) is 13.2. The van der Waals surface area contributed by atoms with Gasteiger partial charge in [-0.05, 0) is 46.2 Å². The Morgan fingerprint density at radius 2 is 2.17 bits per heavy atom. The summed E-state index contributed by atoms with van der Waals surface area (Å²) in [5, 5.41) is 0. The highest BCUT2D eigenvalue weighted by Crippen LogP contribution is 2.39. The van der Waals surface area contributed by atoms with E-state index in [1.807, 2.05) is 0 Å². The first-order chi connectivity index (χ1) is 8.63. The van der Waals surface area contributed by atoms with Gasteiger partial charge in [0.15, 0.2) is 0 Å². The number of hydrogen-bond acceptors (Lipinski definition) is 4. The minimum Gasteiger partial charge on any atom is -0.383 e. The predicted molar refractivity (Wildman–Crippen MR) is 74.7 cm³/mol. The van der Waals surface area contributed by atoms with Crippen molar-refractivity contribution in [1.82, 2.24) is 9.80 Å². The van der Waals surface area contributed by atoms with Crippen molar-refractivity contribution in [2.45, 2.75) is 50.2 Å². The van der Waals surface area contributed by atoms with Gasteiger partial charge in [-0.1, -0.05) is 0 Å². The normalized spacial score (nSPS) is 34.2. The molecule has 0 spiro atoms. The number of piperidine rings is 1. The van der Waals surface area contributed by atoms with Gasteiger partial charge in [0.05, 0.1) is 6.61 Å². The molecule has 1 aliphatic heterocycles. The van der Waals surface area contributed by atoms with Crippen molar-refractivity contribution < 1.29 is 4.74 Å². The van der Waals surface area contributed by atoms with Crippen LogP contribution in [0.4, 0.5) is 0 Å². The van der Waals surface area contributed by atoms with Crippen LogP contribution in [0.15, 0.2) is 0 Å². The van der Waals surface area contributed by atoms with E-state index in [1.165, 1.54) is 25.7 Å². The Hall–Kier alpha value is -0.160. The van der Waals surface area contributed by atoms with Crippen LogP contribution in [0.2, 0.25) is 0 Å². The number of rotatable bonds is 6. The molecule has 0 amide bonds. The van der Waals surface area contributed by atoms with Crippen LogP contribution in [0, 0.1) is 0 Å². The lowest BCUT2D eigenvalue weighted by Gasteiger charge is -2.50. The minimum atomic E-state index is 0.214. The summed E-state index contributed by atoms with van der Waals surface area (Å²) in [6.45, 7) is 6.13. The van der Waals surface area contributed by atoms with E-state index < -0.39 is 0 Å². The quantitative estimate of drug-likeness (QED) is 0.766. The molecule has 0 bridgehead atoms. The first-order valence-corrected chi connectivity index (χ1v) is 7.29. The second kappa shape index (κ2) is 5.87. The molecule has 0 radical (unpaired) electrons. The van der Waals surface area contributed by atoms with E-state index in [-0.39, 0.29) is 5.54 Å². The molecular formula is C14H29N3O. The van der Waals surface area contributed by atoms with Crippen LogP contribution in [0.5, 0.6) is 0 Å². The Morgan fingerprint density at radius 3 is 2.67 bits per heavy atom. The van der Waals surface area contributed by atoms with Crippen LogP contribution in [0.3, 0.4) is 0 Å². The Labute approximate surface area is 111 Å². The summed E-state index contributed by atoms with van der Waals surface area (Å²) in [5.74, 6) is 0. The number of nitrogens with zero attached hydrogens (tertiary/aromatic N) is 2. The number of hydrogen-bond donors (Lipinski definition) is 1. The molecule has 1 aliphatic carbocycles. The van der Waals surface area contributed by atoms with E-state index in [1.54, 1.807) is 7.11 Å². The Bertz CT molecular complexity index is 270. The Balaban J connectivity index is 2.08. The molecular weight excluding hydrogens is 226 g/mol. The van der Waals surface area contributed by atoms with Crippen LogP contribution in [0.25, 0.3) is 0 Å². The standard InChI is InChI=1S/C14H29N3O/c1-12-10-14(11-15,6-7-16(12)2)17(8-9-18-3)13-4-5-13/h12-13H,4-11,15H2,1-3H3. The van der Waals surface area contributed by atoms with Gasteiger partial charge in [-0.2, -0.15) is 0 Å². The molecule has 2 N–H and O–H groups in total. The van der Waals surface area contributed by atoms with Crippen molar-refractivity contribution >= 4 is 0 Å². The number of methoxy groups -OCH3 is 1. The van der Waals surface area contributed by atoms with Gasteiger partial charge in [0.25, 0.3) is 0 Å². The topological polar surface area (TPSA) is 41.7 Å². The molecule has 0 aromatic carbocycles. The summed E-state index contributed by atoms with van der Waals surface area (Å²) in [4.78, 5) is 5.12. The molecule has 2 atom stereocenters. The zero-order valence-electron chi connectivity index (χ0n) is 12.2. The van der Waals surface area contributed by atoms with Crippen molar-refractivity contribution in [3.05, 3.63) is 0 Å². The zero-order valence-corrected chi connectivity index (χ0v) is 12.2. The highest BCUT2D eigenvalue weighted by molar-refractivity contribution is 5.03. The van der Waals surface area contributed by atoms with Crippen molar-refractivity contribution in [2.24, 2.45) is 5.73 Å². The van der Waals surface area contributed by atoms with Gasteiger partial charge in [0.1, 0.15) is 0 Å². The van der Waals surface area contributed by atoms with E-state index in [0.29, 0.717) is 6.04 Å². The Kier molecular flexibility index (Phi) is 4.64. The maximum Gasteiger partial charge on any atom is 0.0590 e. The average molecular weight is 255 g/mol. The van der Waals surface area contributed by atoms with E-state index in [4.69, 9.17) is 10.5 Å². The molecule has 0 aromatic heterocycles. The molecule has 0 aromatic rings. The van der Waals surface area contributed by atoms with Crippen LogP contribution in [-0.2, 0) is 4.74 Å². The Morgan fingerprint density at radius 1 is 1.44 bits per heavy atom. The van der Waals surface area contributed by atoms with Gasteiger partial charge < -0.3 is 15.4 Å². The number of ether oxygens (including phenoxy) is 1. The van der Waals surface area contributed by atoms with E-state index >= 15 is 0 Å². The van der Waals surface area contributed by atoms with E-state index in [0.717, 1.165) is 32.3 Å². The maximum absolute atomic E-state index is 6.18. The van der Waals surface area contributed by atoms with Gasteiger partial charge in [-0.3, -0.25) is 4.90 Å². The van der Waals surface area contributed by atoms with Crippen LogP contribution < -0.4 is 5.73 Å². The average Bonchev–Trinajstić information content (AvgIpc) is 3.18. The third kappa shape index (κ3) is 2.87. The fourth-order valence-electron chi connectivity index (χ4n) is 3.36. The minimum absolute atomic E-state index is 0.214. The molecule has 106 valence electrons. The van der Waals surface area contributed by atoms with Crippen molar-refractivity contribution in [2.75, 3.05) is 40.4 Å². The summed E-state index contributed by atoms with van der Waals surface area (Å²) < 4.78 is 5.29. The second-order valence-corrected chi connectivity index (χ2v) is 6.13. The summed E-state index contributed by atoms with van der Waals surface area (Å²) in [6, 6.07) is 1.39. The summed E-state index contributed by atoms with van der Waals surface area (Å²) in [5.41, 5.74) is 6.40. The lowest BCUT2D eigenvalue weighted by Crippen LogP contribution is -2.62. The first-order valence-electron chi connectivity index (χ1n) is 7.29. The highest BCUT2D eigenvalue weighted by atomic mass is 16.5. The van der Waals surface area contributed by atoms with Crippen molar-refractivity contribution in [3.8, 4) is 0 Å². The van der Waals surface area contributed by atoms with Crippen molar-refractivity contribution in [1.29, 1.82) is 0 Å². The third-order valence-electron chi connectivity index (χ3n) is 4.87. The van der Waals surface area contributed by atoms with Crippen molar-refractivity contribution in [3.63, 3.8) is 0 Å². The maximum atomic E-state index is 6.18. The molecule has 1 heterocycles. The lowest BCUT2D eigenvalue weighted by atomic mass is 9.82. The monoisotopic (exact) mass is 255 g/mol. The molecule has 2 aliphatic rings. The fourth-order valence-corrected chi connectivity index (χ4v) is 3.36. The molecule has 1 saturated heterocycles. The summed E-state index contributed by atoms with van der Waals surface area (Å²) in [7, 11) is 4.01. The smallest absolute Gasteiger partial charge is 0.0590 e. The van der Waals surface area contributed by atoms with Gasteiger partial charge >= 0.3 is 0 Å². The van der Waals surface area contributed by atoms with E-state index in [9.17, 15) is 0 Å². The number of nitrogens with two attached hydrogens (primary N) is 1. The molecule has 18 heavy (non-hydrogen) atoms. The predicted octanol–water partition coefficient (Wildman–Crippen LogP) is 0.909. The lowest BCUT2D eigenvalue weighted by molar-refractivity contribution is -0.00809.